The van der Waals surface area contributed by atoms with Gasteiger partial charge in [0.25, 0.3) is 5.56 Å². The largest absolute Gasteiger partial charge is 0.380 e. The second kappa shape index (κ2) is 6.13. The molecule has 0 spiro atoms. The SMILES string of the molecule is Cc1ccc(Cn2ccc3cc(NC4CNC4)ccc3c2=O)cc1. The van der Waals surface area contributed by atoms with Gasteiger partial charge in [0.05, 0.1) is 12.6 Å². The summed E-state index contributed by atoms with van der Waals surface area (Å²) in [6.45, 7) is 4.66. The molecule has 0 amide bonds. The Bertz CT molecular complexity index is 924. The molecular formula is C20H21N3O. The molecule has 1 aliphatic rings. The van der Waals surface area contributed by atoms with E-state index in [1.165, 1.54) is 5.56 Å². The van der Waals surface area contributed by atoms with Gasteiger partial charge in [0, 0.05) is 30.4 Å². The molecule has 1 aliphatic heterocycles. The summed E-state index contributed by atoms with van der Waals surface area (Å²) in [5, 5.41) is 8.47. The molecule has 24 heavy (non-hydrogen) atoms. The van der Waals surface area contributed by atoms with E-state index in [-0.39, 0.29) is 5.56 Å². The second-order valence-corrected chi connectivity index (χ2v) is 6.54. The third-order valence-electron chi connectivity index (χ3n) is 4.60. The number of pyridine rings is 1. The molecule has 122 valence electrons. The second-order valence-electron chi connectivity index (χ2n) is 6.54. The van der Waals surface area contributed by atoms with Crippen LogP contribution >= 0.6 is 0 Å². The fourth-order valence-electron chi connectivity index (χ4n) is 3.02. The van der Waals surface area contributed by atoms with Gasteiger partial charge in [0.2, 0.25) is 0 Å². The first-order chi connectivity index (χ1) is 11.7. The monoisotopic (exact) mass is 319 g/mol. The van der Waals surface area contributed by atoms with Gasteiger partial charge in [0.1, 0.15) is 0 Å². The zero-order valence-electron chi connectivity index (χ0n) is 13.8. The summed E-state index contributed by atoms with van der Waals surface area (Å²) < 4.78 is 1.77. The summed E-state index contributed by atoms with van der Waals surface area (Å²) in [7, 11) is 0. The molecule has 1 saturated heterocycles. The molecule has 4 rings (SSSR count). The van der Waals surface area contributed by atoms with Gasteiger partial charge in [-0.15, -0.1) is 0 Å². The normalized spacial score (nSPS) is 14.5. The minimum absolute atomic E-state index is 0.0601. The number of anilines is 1. The van der Waals surface area contributed by atoms with Crippen molar-refractivity contribution in [3.05, 3.63) is 76.2 Å². The van der Waals surface area contributed by atoms with Gasteiger partial charge in [-0.1, -0.05) is 29.8 Å². The maximum absolute atomic E-state index is 12.7. The molecule has 0 bridgehead atoms. The van der Waals surface area contributed by atoms with Crippen molar-refractivity contribution < 1.29 is 0 Å². The number of hydrogen-bond donors (Lipinski definition) is 2. The van der Waals surface area contributed by atoms with Crippen LogP contribution in [-0.4, -0.2) is 23.7 Å². The molecule has 4 heteroatoms. The molecule has 0 radical (unpaired) electrons. The Balaban J connectivity index is 1.63. The van der Waals surface area contributed by atoms with Crippen LogP contribution in [0, 0.1) is 6.92 Å². The summed E-state index contributed by atoms with van der Waals surface area (Å²) in [6, 6.07) is 16.8. The van der Waals surface area contributed by atoms with Crippen LogP contribution in [0.15, 0.2) is 59.5 Å². The van der Waals surface area contributed by atoms with Crippen LogP contribution in [0.1, 0.15) is 11.1 Å². The van der Waals surface area contributed by atoms with Crippen molar-refractivity contribution in [1.82, 2.24) is 9.88 Å². The van der Waals surface area contributed by atoms with Crippen LogP contribution in [0.25, 0.3) is 10.8 Å². The molecule has 2 heterocycles. The van der Waals surface area contributed by atoms with Crippen LogP contribution in [0.3, 0.4) is 0 Å². The Morgan fingerprint density at radius 1 is 1.12 bits per heavy atom. The number of rotatable bonds is 4. The Morgan fingerprint density at radius 2 is 1.92 bits per heavy atom. The molecule has 1 fully saturated rings. The zero-order valence-corrected chi connectivity index (χ0v) is 13.8. The average Bonchev–Trinajstić information content (AvgIpc) is 2.55. The van der Waals surface area contributed by atoms with Gasteiger partial charge in [-0.25, -0.2) is 0 Å². The topological polar surface area (TPSA) is 46.1 Å². The predicted octanol–water partition coefficient (Wildman–Crippen LogP) is 2.74. The van der Waals surface area contributed by atoms with Gasteiger partial charge in [-0.05, 0) is 42.1 Å². The highest BCUT2D eigenvalue weighted by atomic mass is 16.1. The van der Waals surface area contributed by atoms with Crippen LogP contribution in [-0.2, 0) is 6.54 Å². The van der Waals surface area contributed by atoms with E-state index in [4.69, 9.17) is 0 Å². The smallest absolute Gasteiger partial charge is 0.258 e. The number of aromatic nitrogens is 1. The van der Waals surface area contributed by atoms with Crippen LogP contribution < -0.4 is 16.2 Å². The third kappa shape index (κ3) is 2.93. The number of hydrogen-bond acceptors (Lipinski definition) is 3. The van der Waals surface area contributed by atoms with Crippen LogP contribution in [0.2, 0.25) is 0 Å². The first-order valence-corrected chi connectivity index (χ1v) is 8.35. The van der Waals surface area contributed by atoms with Crippen LogP contribution in [0.5, 0.6) is 0 Å². The summed E-state index contributed by atoms with van der Waals surface area (Å²) in [6.07, 6.45) is 1.89. The molecule has 2 N–H and O–H groups in total. The summed E-state index contributed by atoms with van der Waals surface area (Å²) >= 11 is 0. The van der Waals surface area contributed by atoms with E-state index >= 15 is 0 Å². The van der Waals surface area contributed by atoms with Gasteiger partial charge < -0.3 is 15.2 Å². The van der Waals surface area contributed by atoms with Gasteiger partial charge >= 0.3 is 0 Å². The van der Waals surface area contributed by atoms with E-state index in [0.29, 0.717) is 12.6 Å². The average molecular weight is 319 g/mol. The zero-order chi connectivity index (χ0) is 16.5. The maximum atomic E-state index is 12.7. The fourth-order valence-corrected chi connectivity index (χ4v) is 3.02. The number of nitrogens with one attached hydrogen (secondary N) is 2. The molecule has 0 unspecified atom stereocenters. The number of fused-ring (bicyclic) bond motifs is 1. The van der Waals surface area contributed by atoms with E-state index < -0.39 is 0 Å². The van der Waals surface area contributed by atoms with E-state index in [9.17, 15) is 4.79 Å². The lowest BCUT2D eigenvalue weighted by Gasteiger charge is -2.29. The van der Waals surface area contributed by atoms with Crippen molar-refractivity contribution in [2.24, 2.45) is 0 Å². The van der Waals surface area contributed by atoms with E-state index in [2.05, 4.69) is 47.9 Å². The van der Waals surface area contributed by atoms with E-state index in [1.54, 1.807) is 4.57 Å². The lowest BCUT2D eigenvalue weighted by molar-refractivity contribution is 0.472. The molecule has 1 aromatic heterocycles. The van der Waals surface area contributed by atoms with Gasteiger partial charge in [0.15, 0.2) is 0 Å². The van der Waals surface area contributed by atoms with Gasteiger partial charge in [-0.3, -0.25) is 4.79 Å². The lowest BCUT2D eigenvalue weighted by atomic mass is 10.1. The number of aryl methyl sites for hydroxylation is 1. The Hall–Kier alpha value is -2.59. The van der Waals surface area contributed by atoms with Crippen molar-refractivity contribution in [3.63, 3.8) is 0 Å². The van der Waals surface area contributed by atoms with E-state index in [0.717, 1.165) is 35.1 Å². The van der Waals surface area contributed by atoms with Crippen molar-refractivity contribution in [1.29, 1.82) is 0 Å². The highest BCUT2D eigenvalue weighted by Gasteiger charge is 2.16. The minimum Gasteiger partial charge on any atom is -0.380 e. The Morgan fingerprint density at radius 3 is 2.62 bits per heavy atom. The standard InChI is InChI=1S/C20H21N3O/c1-14-2-4-15(5-3-14)13-23-9-8-16-10-17(22-18-11-21-12-18)6-7-19(16)20(23)24/h2-10,18,21-22H,11-13H2,1H3. The van der Waals surface area contributed by atoms with Gasteiger partial charge in [-0.2, -0.15) is 0 Å². The van der Waals surface area contributed by atoms with Crippen molar-refractivity contribution in [2.75, 3.05) is 18.4 Å². The lowest BCUT2D eigenvalue weighted by Crippen LogP contribution is -2.51. The molecule has 0 atom stereocenters. The highest BCUT2D eigenvalue weighted by molar-refractivity contribution is 5.84. The molecule has 0 aliphatic carbocycles. The first kappa shape index (κ1) is 15.0. The number of nitrogens with zero attached hydrogens (tertiary/aromatic N) is 1. The summed E-state index contributed by atoms with van der Waals surface area (Å²) in [4.78, 5) is 12.7. The minimum atomic E-state index is 0.0601. The summed E-state index contributed by atoms with van der Waals surface area (Å²) in [5.74, 6) is 0. The molecule has 4 nitrogen and oxygen atoms in total. The fraction of sp³-hybridized carbons (Fsp3) is 0.250. The number of benzene rings is 2. The molecule has 0 saturated carbocycles. The quantitative estimate of drug-likeness (QED) is 0.777. The van der Waals surface area contributed by atoms with Crippen molar-refractivity contribution in [2.45, 2.75) is 19.5 Å². The van der Waals surface area contributed by atoms with Crippen molar-refractivity contribution in [3.8, 4) is 0 Å². The first-order valence-electron chi connectivity index (χ1n) is 8.35. The molecular weight excluding hydrogens is 298 g/mol. The predicted molar refractivity (Wildman–Crippen MR) is 98.8 cm³/mol. The summed E-state index contributed by atoms with van der Waals surface area (Å²) in [5.41, 5.74) is 3.50. The molecule has 3 aromatic rings. The third-order valence-corrected chi connectivity index (χ3v) is 4.60. The Labute approximate surface area is 141 Å². The Kier molecular flexibility index (Phi) is 3.82. The van der Waals surface area contributed by atoms with E-state index in [1.807, 2.05) is 24.4 Å². The van der Waals surface area contributed by atoms with Crippen molar-refractivity contribution >= 4 is 16.5 Å². The molecule has 2 aromatic carbocycles. The highest BCUT2D eigenvalue weighted by Crippen LogP contribution is 2.18. The maximum Gasteiger partial charge on any atom is 0.258 e. The van der Waals surface area contributed by atoms with Crippen LogP contribution in [0.4, 0.5) is 5.69 Å².